The van der Waals surface area contributed by atoms with Gasteiger partial charge in [-0.25, -0.2) is 0 Å². The van der Waals surface area contributed by atoms with Crippen molar-refractivity contribution in [2.45, 2.75) is 103 Å². The van der Waals surface area contributed by atoms with Crippen molar-refractivity contribution in [3.05, 3.63) is 42.0 Å². The third-order valence-corrected chi connectivity index (χ3v) is 7.71. The largest absolute Gasteiger partial charge is 0.494 e. The molecule has 0 radical (unpaired) electrons. The first-order valence-corrected chi connectivity index (χ1v) is 15.7. The highest BCUT2D eigenvalue weighted by Crippen LogP contribution is 2.15. The minimum Gasteiger partial charge on any atom is -0.494 e. The van der Waals surface area contributed by atoms with E-state index in [0.717, 1.165) is 61.7 Å². The second-order valence-electron chi connectivity index (χ2n) is 11.4. The van der Waals surface area contributed by atoms with Gasteiger partial charge in [-0.1, -0.05) is 89.0 Å². The number of quaternary nitrogens is 1. The highest BCUT2D eigenvalue weighted by atomic mass is 16.5. The highest BCUT2D eigenvalue weighted by Gasteiger charge is 2.24. The van der Waals surface area contributed by atoms with Crippen LogP contribution in [0.5, 0.6) is 5.75 Å². The number of hydrogen-bond donors (Lipinski definition) is 1. The van der Waals surface area contributed by atoms with Crippen LogP contribution in [-0.2, 0) is 16.0 Å². The average Bonchev–Trinajstić information content (AvgIpc) is 2.91. The summed E-state index contributed by atoms with van der Waals surface area (Å²) in [5.74, 6) is 0.949. The molecular formula is C33H57N2O3+. The van der Waals surface area contributed by atoms with Gasteiger partial charge in [0, 0.05) is 0 Å². The van der Waals surface area contributed by atoms with Crippen LogP contribution in [0.4, 0.5) is 0 Å². The third-order valence-electron chi connectivity index (χ3n) is 7.71. The molecule has 1 aliphatic rings. The van der Waals surface area contributed by atoms with E-state index in [2.05, 4.69) is 31.4 Å². The molecule has 1 aliphatic heterocycles. The molecule has 1 fully saturated rings. The second-order valence-corrected chi connectivity index (χ2v) is 11.4. The summed E-state index contributed by atoms with van der Waals surface area (Å²) in [6.07, 6.45) is 23.6. The molecular weight excluding hydrogens is 472 g/mol. The molecule has 38 heavy (non-hydrogen) atoms. The van der Waals surface area contributed by atoms with Crippen molar-refractivity contribution in [2.75, 3.05) is 53.0 Å². The zero-order valence-electron chi connectivity index (χ0n) is 24.7. The fraction of sp³-hybridized carbons (Fsp3) is 0.727. The molecule has 0 saturated carbocycles. The van der Waals surface area contributed by atoms with Gasteiger partial charge in [0.1, 0.15) is 18.8 Å². The lowest BCUT2D eigenvalue weighted by molar-refractivity contribution is -0.915. The molecule has 0 aromatic heterocycles. The van der Waals surface area contributed by atoms with Crippen LogP contribution >= 0.6 is 0 Å². The van der Waals surface area contributed by atoms with Crippen molar-refractivity contribution < 1.29 is 18.8 Å². The van der Waals surface area contributed by atoms with Crippen LogP contribution in [0.2, 0.25) is 0 Å². The van der Waals surface area contributed by atoms with Crippen molar-refractivity contribution in [3.8, 4) is 5.75 Å². The van der Waals surface area contributed by atoms with Gasteiger partial charge >= 0.3 is 0 Å². The van der Waals surface area contributed by atoms with Crippen LogP contribution in [-0.4, -0.2) is 63.4 Å². The van der Waals surface area contributed by atoms with Crippen molar-refractivity contribution in [2.24, 2.45) is 0 Å². The summed E-state index contributed by atoms with van der Waals surface area (Å²) in [6.45, 7) is 8.36. The number of carbonyl (C=O) groups excluding carboxylic acids is 1. The predicted octanol–water partition coefficient (Wildman–Crippen LogP) is 7.24. The van der Waals surface area contributed by atoms with Gasteiger partial charge in [-0.2, -0.15) is 0 Å². The van der Waals surface area contributed by atoms with Crippen LogP contribution < -0.4 is 10.1 Å². The van der Waals surface area contributed by atoms with E-state index < -0.39 is 0 Å². The Morgan fingerprint density at radius 1 is 0.921 bits per heavy atom. The predicted molar refractivity (Wildman–Crippen MR) is 160 cm³/mol. The Balaban J connectivity index is 1.43. The molecule has 0 spiro atoms. The van der Waals surface area contributed by atoms with Crippen LogP contribution in [0.3, 0.4) is 0 Å². The number of nitrogens with one attached hydrogen (secondary N) is 1. The van der Waals surface area contributed by atoms with Crippen LogP contribution in [0.25, 0.3) is 0 Å². The first-order valence-electron chi connectivity index (χ1n) is 15.7. The Kier molecular flexibility index (Phi) is 17.9. The van der Waals surface area contributed by atoms with Gasteiger partial charge in [0.2, 0.25) is 5.91 Å². The lowest BCUT2D eigenvalue weighted by Gasteiger charge is -2.37. The number of carbonyl (C=O) groups is 1. The van der Waals surface area contributed by atoms with Gasteiger partial charge in [0.15, 0.2) is 0 Å². The van der Waals surface area contributed by atoms with Crippen LogP contribution in [0, 0.1) is 0 Å². The molecule has 0 unspecified atom stereocenters. The molecule has 1 amide bonds. The smallest absolute Gasteiger partial charge is 0.224 e. The van der Waals surface area contributed by atoms with E-state index in [-0.39, 0.29) is 5.91 Å². The lowest BCUT2D eigenvalue weighted by Crippen LogP contribution is -2.54. The van der Waals surface area contributed by atoms with Crippen molar-refractivity contribution in [1.82, 2.24) is 5.32 Å². The van der Waals surface area contributed by atoms with Gasteiger partial charge in [-0.3, -0.25) is 4.79 Å². The van der Waals surface area contributed by atoms with Crippen LogP contribution in [0.1, 0.15) is 102 Å². The fourth-order valence-corrected chi connectivity index (χ4v) is 5.01. The van der Waals surface area contributed by atoms with E-state index in [9.17, 15) is 4.79 Å². The standard InChI is InChI=1S/C33H56N2O3/c1-3-4-5-6-7-8-9-10-11-12-13-14-15-16-17-18-26-38-32-21-19-20-31(29-32)30-33(36)34-22-23-35(2)24-27-37-28-25-35/h10-11,19-21,29H,3-9,12-18,22-28,30H2,1-2H3/p+1/b11-10-. The Morgan fingerprint density at radius 2 is 1.55 bits per heavy atom. The highest BCUT2D eigenvalue weighted by molar-refractivity contribution is 5.78. The molecule has 1 N–H and O–H groups in total. The SMILES string of the molecule is CCCCCCCC/C=C\CCCCCCCCOc1cccc(CC(=O)NCC[N+]2(C)CCOCC2)c1. The molecule has 0 aliphatic carbocycles. The molecule has 1 aromatic carbocycles. The molecule has 5 nitrogen and oxygen atoms in total. The summed E-state index contributed by atoms with van der Waals surface area (Å²) >= 11 is 0. The molecule has 0 atom stereocenters. The number of unbranched alkanes of at least 4 members (excludes halogenated alkanes) is 12. The van der Waals surface area contributed by atoms with Gasteiger partial charge in [0.25, 0.3) is 0 Å². The molecule has 2 rings (SSSR count). The van der Waals surface area contributed by atoms with E-state index in [1.807, 2.05) is 24.3 Å². The quantitative estimate of drug-likeness (QED) is 0.0978. The number of benzene rings is 1. The van der Waals surface area contributed by atoms with Gasteiger partial charge in [-0.05, 0) is 49.8 Å². The van der Waals surface area contributed by atoms with Gasteiger partial charge < -0.3 is 19.3 Å². The topological polar surface area (TPSA) is 47.6 Å². The Bertz CT molecular complexity index is 758. The monoisotopic (exact) mass is 529 g/mol. The lowest BCUT2D eigenvalue weighted by atomic mass is 10.1. The molecule has 5 heteroatoms. The second kappa shape index (κ2) is 21.0. The Hall–Kier alpha value is -1.85. The number of ether oxygens (including phenoxy) is 2. The van der Waals surface area contributed by atoms with Crippen molar-refractivity contribution in [3.63, 3.8) is 0 Å². The molecule has 1 saturated heterocycles. The van der Waals surface area contributed by atoms with Crippen molar-refractivity contribution >= 4 is 5.91 Å². The fourth-order valence-electron chi connectivity index (χ4n) is 5.01. The summed E-state index contributed by atoms with van der Waals surface area (Å²) < 4.78 is 12.4. The van der Waals surface area contributed by atoms with Gasteiger partial charge in [0.05, 0.1) is 46.4 Å². The van der Waals surface area contributed by atoms with E-state index in [0.29, 0.717) is 13.0 Å². The summed E-state index contributed by atoms with van der Waals surface area (Å²) in [5, 5.41) is 3.09. The first kappa shape index (κ1) is 32.4. The minimum absolute atomic E-state index is 0.0790. The molecule has 0 bridgehead atoms. The molecule has 1 heterocycles. The van der Waals surface area contributed by atoms with Gasteiger partial charge in [-0.15, -0.1) is 0 Å². The number of amides is 1. The normalized spacial score (nSPS) is 15.1. The number of nitrogens with zero attached hydrogens (tertiary/aromatic N) is 1. The maximum atomic E-state index is 12.4. The first-order chi connectivity index (χ1) is 18.6. The summed E-state index contributed by atoms with van der Waals surface area (Å²) in [4.78, 5) is 12.4. The van der Waals surface area contributed by atoms with E-state index in [1.54, 1.807) is 0 Å². The van der Waals surface area contributed by atoms with E-state index in [4.69, 9.17) is 9.47 Å². The minimum atomic E-state index is 0.0790. The molecule has 216 valence electrons. The maximum absolute atomic E-state index is 12.4. The molecule has 1 aromatic rings. The number of hydrogen-bond acceptors (Lipinski definition) is 3. The Labute approximate surface area is 233 Å². The van der Waals surface area contributed by atoms with E-state index in [1.165, 1.54) is 83.5 Å². The third kappa shape index (κ3) is 16.2. The average molecular weight is 530 g/mol. The van der Waals surface area contributed by atoms with E-state index >= 15 is 0 Å². The van der Waals surface area contributed by atoms with Crippen molar-refractivity contribution in [1.29, 1.82) is 0 Å². The summed E-state index contributed by atoms with van der Waals surface area (Å²) in [5.41, 5.74) is 1.01. The number of rotatable bonds is 22. The summed E-state index contributed by atoms with van der Waals surface area (Å²) in [7, 11) is 2.24. The zero-order valence-corrected chi connectivity index (χ0v) is 24.7. The maximum Gasteiger partial charge on any atom is 0.224 e. The zero-order chi connectivity index (χ0) is 27.2. The Morgan fingerprint density at radius 3 is 2.24 bits per heavy atom. The number of morpholine rings is 1. The summed E-state index contributed by atoms with van der Waals surface area (Å²) in [6, 6.07) is 7.99. The number of likely N-dealkylation sites (N-methyl/N-ethyl adjacent to an activating group) is 1. The number of allylic oxidation sites excluding steroid dienone is 2. The van der Waals surface area contributed by atoms with Crippen LogP contribution in [0.15, 0.2) is 36.4 Å².